The van der Waals surface area contributed by atoms with E-state index in [2.05, 4.69) is 20.3 Å². The van der Waals surface area contributed by atoms with Crippen molar-refractivity contribution in [1.29, 1.82) is 5.26 Å². The normalized spacial score (nSPS) is 10.4. The number of nitriles is 1. The molecule has 0 saturated carbocycles. The van der Waals surface area contributed by atoms with Gasteiger partial charge in [-0.1, -0.05) is 6.07 Å². The number of hydrogen-bond donors (Lipinski definition) is 1. The minimum absolute atomic E-state index is 0.285. The van der Waals surface area contributed by atoms with Gasteiger partial charge in [0, 0.05) is 24.8 Å². The molecule has 6 nitrogen and oxygen atoms in total. The fourth-order valence-corrected chi connectivity index (χ4v) is 2.01. The molecule has 3 aromatic rings. The van der Waals surface area contributed by atoms with Crippen molar-refractivity contribution in [2.24, 2.45) is 0 Å². The molecule has 0 radical (unpaired) electrons. The van der Waals surface area contributed by atoms with E-state index in [-0.39, 0.29) is 5.69 Å². The second kappa shape index (κ2) is 4.97. The van der Waals surface area contributed by atoms with Crippen LogP contribution in [-0.2, 0) is 6.54 Å². The fraction of sp³-hybridized carbons (Fsp3) is 0.143. The number of rotatable bonds is 3. The molecule has 3 aromatic heterocycles. The summed E-state index contributed by atoms with van der Waals surface area (Å²) in [4.78, 5) is 12.6. The number of aromatic nitrogens is 4. The van der Waals surface area contributed by atoms with Gasteiger partial charge in [0.1, 0.15) is 11.7 Å². The Morgan fingerprint density at radius 3 is 3.00 bits per heavy atom. The molecule has 0 spiro atoms. The van der Waals surface area contributed by atoms with Crippen LogP contribution in [0.4, 0.5) is 5.82 Å². The number of imidazole rings is 1. The number of nitrogens with one attached hydrogen (secondary N) is 1. The first kappa shape index (κ1) is 12.1. The molecule has 0 aliphatic rings. The lowest BCUT2D eigenvalue weighted by molar-refractivity contribution is 1.04. The van der Waals surface area contributed by atoms with Gasteiger partial charge >= 0.3 is 0 Å². The van der Waals surface area contributed by atoms with Gasteiger partial charge in [-0.3, -0.25) is 0 Å². The average molecular weight is 264 g/mol. The summed E-state index contributed by atoms with van der Waals surface area (Å²) in [6.07, 6.45) is 6.97. The average Bonchev–Trinajstić information content (AvgIpc) is 2.90. The quantitative estimate of drug-likeness (QED) is 0.781. The molecular formula is C14H12N6. The van der Waals surface area contributed by atoms with E-state index >= 15 is 0 Å². The molecule has 0 fully saturated rings. The van der Waals surface area contributed by atoms with E-state index in [0.717, 1.165) is 16.9 Å². The van der Waals surface area contributed by atoms with Crippen molar-refractivity contribution in [3.8, 4) is 6.07 Å². The molecule has 0 atom stereocenters. The zero-order valence-electron chi connectivity index (χ0n) is 10.9. The molecule has 1 N–H and O–H groups in total. The number of aryl methyl sites for hydroxylation is 1. The van der Waals surface area contributed by atoms with Crippen LogP contribution in [0.2, 0.25) is 0 Å². The molecule has 0 saturated heterocycles. The summed E-state index contributed by atoms with van der Waals surface area (Å²) in [5.41, 5.74) is 3.22. The van der Waals surface area contributed by atoms with Crippen molar-refractivity contribution in [3.63, 3.8) is 0 Å². The summed E-state index contributed by atoms with van der Waals surface area (Å²) in [5.74, 6) is 0.476. The van der Waals surface area contributed by atoms with Gasteiger partial charge in [0.05, 0.1) is 12.2 Å². The van der Waals surface area contributed by atoms with Gasteiger partial charge in [-0.2, -0.15) is 5.26 Å². The van der Waals surface area contributed by atoms with E-state index < -0.39 is 0 Å². The zero-order chi connectivity index (χ0) is 13.9. The first-order valence-electron chi connectivity index (χ1n) is 6.16. The Hall–Kier alpha value is -2.94. The number of anilines is 1. The van der Waals surface area contributed by atoms with Crippen LogP contribution in [0.1, 0.15) is 17.0 Å². The molecule has 3 rings (SSSR count). The van der Waals surface area contributed by atoms with E-state index in [9.17, 15) is 0 Å². The predicted molar refractivity (Wildman–Crippen MR) is 74.0 cm³/mol. The second-order valence-electron chi connectivity index (χ2n) is 4.37. The second-order valence-corrected chi connectivity index (χ2v) is 4.37. The van der Waals surface area contributed by atoms with Gasteiger partial charge in [-0.25, -0.2) is 15.0 Å². The molecule has 0 aliphatic heterocycles. The zero-order valence-corrected chi connectivity index (χ0v) is 10.9. The summed E-state index contributed by atoms with van der Waals surface area (Å²) in [6.45, 7) is 2.52. The molecule has 0 aromatic carbocycles. The molecular weight excluding hydrogens is 252 g/mol. The summed E-state index contributed by atoms with van der Waals surface area (Å²) < 4.78 is 1.98. The third-order valence-corrected chi connectivity index (χ3v) is 2.97. The van der Waals surface area contributed by atoms with E-state index in [1.807, 2.05) is 41.9 Å². The molecule has 3 heterocycles. The van der Waals surface area contributed by atoms with Gasteiger partial charge < -0.3 is 9.72 Å². The first-order valence-corrected chi connectivity index (χ1v) is 6.16. The lowest BCUT2D eigenvalue weighted by atomic mass is 10.3. The summed E-state index contributed by atoms with van der Waals surface area (Å²) in [7, 11) is 0. The van der Waals surface area contributed by atoms with Gasteiger partial charge in [-0.15, -0.1) is 0 Å². The van der Waals surface area contributed by atoms with Crippen LogP contribution in [0.15, 0.2) is 36.9 Å². The van der Waals surface area contributed by atoms with Crippen LogP contribution in [0.5, 0.6) is 0 Å². The minimum Gasteiger partial charge on any atom is -0.362 e. The van der Waals surface area contributed by atoms with Gasteiger partial charge in [0.2, 0.25) is 0 Å². The summed E-state index contributed by atoms with van der Waals surface area (Å²) in [6, 6.07) is 6.01. The minimum atomic E-state index is 0.285. The maximum absolute atomic E-state index is 8.95. The van der Waals surface area contributed by atoms with E-state index in [4.69, 9.17) is 5.26 Å². The highest BCUT2D eigenvalue weighted by atomic mass is 15.1. The highest BCUT2D eigenvalue weighted by Gasteiger charge is 2.06. The van der Waals surface area contributed by atoms with Crippen LogP contribution >= 0.6 is 0 Å². The van der Waals surface area contributed by atoms with Crippen LogP contribution in [-0.4, -0.2) is 19.4 Å². The van der Waals surface area contributed by atoms with Crippen molar-refractivity contribution >= 4 is 11.5 Å². The molecule has 0 unspecified atom stereocenters. The maximum atomic E-state index is 8.95. The maximum Gasteiger partial charge on any atom is 0.182 e. The third-order valence-electron chi connectivity index (χ3n) is 2.97. The molecule has 0 aliphatic carbocycles. The molecule has 0 bridgehead atoms. The number of fused-ring (bicyclic) bond motifs is 1. The predicted octanol–water partition coefficient (Wildman–Crippen LogP) is 1.92. The van der Waals surface area contributed by atoms with Crippen molar-refractivity contribution in [3.05, 3.63) is 53.9 Å². The number of nitrogens with zero attached hydrogens (tertiary/aromatic N) is 5. The molecule has 0 amide bonds. The Morgan fingerprint density at radius 1 is 1.35 bits per heavy atom. The Balaban J connectivity index is 1.84. The standard InChI is InChI=1S/C14H12N6/c1-10-3-2-6-20-9-11(19-14(10)20)8-18-13-12(7-15)16-4-5-17-13/h2-6,9H,8H2,1H3,(H,17,18). The Kier molecular flexibility index (Phi) is 3.01. The Labute approximate surface area is 115 Å². The molecule has 20 heavy (non-hydrogen) atoms. The van der Waals surface area contributed by atoms with Crippen molar-refractivity contribution in [2.45, 2.75) is 13.5 Å². The summed E-state index contributed by atoms with van der Waals surface area (Å²) in [5, 5.41) is 12.0. The van der Waals surface area contributed by atoms with Gasteiger partial charge in [-0.05, 0) is 18.6 Å². The SMILES string of the molecule is Cc1cccn2cc(CNc3nccnc3C#N)nc12. The first-order chi connectivity index (χ1) is 9.78. The lowest BCUT2D eigenvalue weighted by Gasteiger charge is -2.03. The lowest BCUT2D eigenvalue weighted by Crippen LogP contribution is -2.04. The van der Waals surface area contributed by atoms with Crippen LogP contribution < -0.4 is 5.32 Å². The smallest absolute Gasteiger partial charge is 0.182 e. The highest BCUT2D eigenvalue weighted by molar-refractivity contribution is 5.49. The van der Waals surface area contributed by atoms with Crippen LogP contribution in [0.25, 0.3) is 5.65 Å². The monoisotopic (exact) mass is 264 g/mol. The largest absolute Gasteiger partial charge is 0.362 e. The Bertz CT molecular complexity index is 799. The van der Waals surface area contributed by atoms with Crippen molar-refractivity contribution in [1.82, 2.24) is 19.4 Å². The van der Waals surface area contributed by atoms with Crippen molar-refractivity contribution in [2.75, 3.05) is 5.32 Å². The van der Waals surface area contributed by atoms with E-state index in [0.29, 0.717) is 12.4 Å². The third kappa shape index (κ3) is 2.17. The van der Waals surface area contributed by atoms with E-state index in [1.165, 1.54) is 6.20 Å². The summed E-state index contributed by atoms with van der Waals surface area (Å²) >= 11 is 0. The topological polar surface area (TPSA) is 78.9 Å². The van der Waals surface area contributed by atoms with E-state index in [1.54, 1.807) is 6.20 Å². The van der Waals surface area contributed by atoms with Crippen molar-refractivity contribution < 1.29 is 0 Å². The van der Waals surface area contributed by atoms with Gasteiger partial charge in [0.25, 0.3) is 0 Å². The highest BCUT2D eigenvalue weighted by Crippen LogP contribution is 2.12. The Morgan fingerprint density at radius 2 is 2.20 bits per heavy atom. The van der Waals surface area contributed by atoms with Crippen LogP contribution in [0, 0.1) is 18.3 Å². The molecule has 98 valence electrons. The molecule has 6 heteroatoms. The fourth-order valence-electron chi connectivity index (χ4n) is 2.01. The number of pyridine rings is 1. The van der Waals surface area contributed by atoms with Gasteiger partial charge in [0.15, 0.2) is 11.5 Å². The number of hydrogen-bond acceptors (Lipinski definition) is 5. The van der Waals surface area contributed by atoms with Crippen LogP contribution in [0.3, 0.4) is 0 Å².